The maximum atomic E-state index is 13.3. The van der Waals surface area contributed by atoms with Crippen LogP contribution in [0.15, 0.2) is 52.0 Å². The Bertz CT molecular complexity index is 1340. The molecule has 11 nitrogen and oxygen atoms in total. The molecule has 3 aromatic rings. The van der Waals surface area contributed by atoms with Gasteiger partial charge in [-0.3, -0.25) is 4.90 Å². The minimum Gasteiger partial charge on any atom is -0.449 e. The van der Waals surface area contributed by atoms with E-state index in [0.29, 0.717) is 43.9 Å². The Morgan fingerprint density at radius 3 is 2.05 bits per heavy atom. The van der Waals surface area contributed by atoms with Gasteiger partial charge in [-0.1, -0.05) is 12.1 Å². The Balaban J connectivity index is 1.01. The number of hydrogen-bond acceptors (Lipinski definition) is 10. The standard InChI is InChI=1S/C27H35N7O4S/c1-21-28-25(20-38-21)22-4-6-24(7-5-22)39(35,36)34-16-14-33(15-17-34)27-9-8-26(29-30-27)32-12-10-31(11-13-32)19-23-3-2-18-37-23/h4-9,20,23H,2-3,10-19H2,1H3. The van der Waals surface area contributed by atoms with Crippen LogP contribution in [0.5, 0.6) is 0 Å². The van der Waals surface area contributed by atoms with E-state index in [1.807, 2.05) is 12.1 Å². The van der Waals surface area contributed by atoms with Crippen molar-refractivity contribution in [3.63, 3.8) is 0 Å². The number of nitrogens with zero attached hydrogens (tertiary/aromatic N) is 7. The van der Waals surface area contributed by atoms with E-state index >= 15 is 0 Å². The summed E-state index contributed by atoms with van der Waals surface area (Å²) in [6.45, 7) is 9.46. The smallest absolute Gasteiger partial charge is 0.243 e. The van der Waals surface area contributed by atoms with Crippen LogP contribution in [0, 0.1) is 6.92 Å². The normalized spacial score (nSPS) is 21.5. The number of anilines is 2. The van der Waals surface area contributed by atoms with E-state index in [4.69, 9.17) is 9.15 Å². The van der Waals surface area contributed by atoms with E-state index in [-0.39, 0.29) is 4.90 Å². The van der Waals surface area contributed by atoms with Gasteiger partial charge in [0.15, 0.2) is 17.5 Å². The van der Waals surface area contributed by atoms with E-state index in [1.165, 1.54) is 17.1 Å². The van der Waals surface area contributed by atoms with Crippen LogP contribution >= 0.6 is 0 Å². The van der Waals surface area contributed by atoms with Gasteiger partial charge in [0.25, 0.3) is 0 Å². The number of piperazine rings is 2. The maximum Gasteiger partial charge on any atom is 0.243 e. The summed E-state index contributed by atoms with van der Waals surface area (Å²) in [7, 11) is -3.59. The number of hydrogen-bond donors (Lipinski definition) is 0. The van der Waals surface area contributed by atoms with Gasteiger partial charge in [0.05, 0.1) is 11.0 Å². The van der Waals surface area contributed by atoms with Crippen molar-refractivity contribution in [2.24, 2.45) is 0 Å². The van der Waals surface area contributed by atoms with Gasteiger partial charge in [-0.25, -0.2) is 13.4 Å². The molecule has 1 unspecified atom stereocenters. The van der Waals surface area contributed by atoms with Crippen LogP contribution in [-0.2, 0) is 14.8 Å². The molecule has 3 fully saturated rings. The van der Waals surface area contributed by atoms with Crippen LogP contribution in [0.1, 0.15) is 18.7 Å². The third-order valence-electron chi connectivity index (χ3n) is 7.79. The highest BCUT2D eigenvalue weighted by Gasteiger charge is 2.29. The molecule has 0 radical (unpaired) electrons. The molecule has 0 amide bonds. The summed E-state index contributed by atoms with van der Waals surface area (Å²) in [5.41, 5.74) is 1.51. The molecule has 6 rings (SSSR count). The first-order valence-electron chi connectivity index (χ1n) is 13.7. The van der Waals surface area contributed by atoms with E-state index < -0.39 is 10.0 Å². The molecule has 5 heterocycles. The third kappa shape index (κ3) is 5.79. The first-order valence-corrected chi connectivity index (χ1v) is 15.1. The highest BCUT2D eigenvalue weighted by Crippen LogP contribution is 2.25. The van der Waals surface area contributed by atoms with E-state index in [1.54, 1.807) is 37.5 Å². The summed E-state index contributed by atoms with van der Waals surface area (Å²) in [4.78, 5) is 11.4. The number of ether oxygens (including phenoxy) is 1. The van der Waals surface area contributed by atoms with Gasteiger partial charge in [-0.05, 0) is 37.1 Å². The van der Waals surface area contributed by atoms with Gasteiger partial charge in [-0.15, -0.1) is 10.2 Å². The van der Waals surface area contributed by atoms with Crippen LogP contribution in [0.25, 0.3) is 11.3 Å². The van der Waals surface area contributed by atoms with Crippen LogP contribution in [-0.4, -0.2) is 104 Å². The van der Waals surface area contributed by atoms with Crippen molar-refractivity contribution in [2.75, 3.05) is 75.3 Å². The first kappa shape index (κ1) is 26.2. The zero-order valence-corrected chi connectivity index (χ0v) is 23.1. The van der Waals surface area contributed by atoms with E-state index in [0.717, 1.165) is 56.5 Å². The summed E-state index contributed by atoms with van der Waals surface area (Å²) >= 11 is 0. The van der Waals surface area contributed by atoms with Crippen molar-refractivity contribution in [2.45, 2.75) is 30.8 Å². The lowest BCUT2D eigenvalue weighted by molar-refractivity contribution is 0.0712. The first-order chi connectivity index (χ1) is 19.0. The summed E-state index contributed by atoms with van der Waals surface area (Å²) < 4.78 is 39.1. The average molecular weight is 554 g/mol. The molecule has 0 N–H and O–H groups in total. The summed E-state index contributed by atoms with van der Waals surface area (Å²) in [5.74, 6) is 2.24. The molecule has 39 heavy (non-hydrogen) atoms. The Morgan fingerprint density at radius 1 is 0.872 bits per heavy atom. The van der Waals surface area contributed by atoms with Crippen molar-refractivity contribution in [1.29, 1.82) is 0 Å². The topological polar surface area (TPSA) is 108 Å². The highest BCUT2D eigenvalue weighted by atomic mass is 32.2. The fourth-order valence-electron chi connectivity index (χ4n) is 5.49. The summed E-state index contributed by atoms with van der Waals surface area (Å²) in [6, 6.07) is 10.8. The molecular formula is C27H35N7O4S. The second-order valence-electron chi connectivity index (χ2n) is 10.3. The zero-order valence-electron chi connectivity index (χ0n) is 22.3. The van der Waals surface area contributed by atoms with Crippen LogP contribution in [0.2, 0.25) is 0 Å². The van der Waals surface area contributed by atoms with Crippen LogP contribution in [0.4, 0.5) is 11.6 Å². The Hall–Kier alpha value is -3.06. The highest BCUT2D eigenvalue weighted by molar-refractivity contribution is 7.89. The third-order valence-corrected chi connectivity index (χ3v) is 9.70. The quantitative estimate of drug-likeness (QED) is 0.432. The van der Waals surface area contributed by atoms with Crippen molar-refractivity contribution >= 4 is 21.7 Å². The summed E-state index contributed by atoms with van der Waals surface area (Å²) in [6.07, 6.45) is 4.31. The molecule has 3 aliphatic heterocycles. The molecule has 3 aliphatic rings. The number of benzene rings is 1. The SMILES string of the molecule is Cc1nc(-c2ccc(S(=O)(=O)N3CCN(c4ccc(N5CCN(CC6CCCO6)CC5)nn4)CC3)cc2)co1. The monoisotopic (exact) mass is 553 g/mol. The number of oxazole rings is 1. The van der Waals surface area contributed by atoms with Gasteiger partial charge in [0.2, 0.25) is 10.0 Å². The molecule has 1 aromatic carbocycles. The second-order valence-corrected chi connectivity index (χ2v) is 12.3. The molecule has 1 atom stereocenters. The zero-order chi connectivity index (χ0) is 26.8. The maximum absolute atomic E-state index is 13.3. The predicted octanol–water partition coefficient (Wildman–Crippen LogP) is 2.25. The fourth-order valence-corrected chi connectivity index (χ4v) is 6.91. The minimum atomic E-state index is -3.59. The van der Waals surface area contributed by atoms with Crippen molar-refractivity contribution in [1.82, 2.24) is 24.4 Å². The molecule has 0 saturated carbocycles. The van der Waals surface area contributed by atoms with Gasteiger partial charge < -0.3 is 19.0 Å². The molecular weight excluding hydrogens is 518 g/mol. The Kier molecular flexibility index (Phi) is 7.52. The second kappa shape index (κ2) is 11.2. The lowest BCUT2D eigenvalue weighted by Gasteiger charge is -2.36. The molecule has 0 bridgehead atoms. The molecule has 208 valence electrons. The lowest BCUT2D eigenvalue weighted by atomic mass is 10.2. The average Bonchev–Trinajstić information content (AvgIpc) is 3.66. The molecule has 3 saturated heterocycles. The van der Waals surface area contributed by atoms with E-state index in [2.05, 4.69) is 29.9 Å². The number of sulfonamides is 1. The van der Waals surface area contributed by atoms with Gasteiger partial charge in [-0.2, -0.15) is 4.31 Å². The summed E-state index contributed by atoms with van der Waals surface area (Å²) in [5, 5.41) is 8.99. The Morgan fingerprint density at radius 2 is 1.51 bits per heavy atom. The molecule has 0 spiro atoms. The van der Waals surface area contributed by atoms with Crippen molar-refractivity contribution in [3.8, 4) is 11.3 Å². The predicted molar refractivity (Wildman–Crippen MR) is 147 cm³/mol. The lowest BCUT2D eigenvalue weighted by Crippen LogP contribution is -2.49. The largest absolute Gasteiger partial charge is 0.449 e. The van der Waals surface area contributed by atoms with Crippen molar-refractivity contribution in [3.05, 3.63) is 48.6 Å². The molecule has 12 heteroatoms. The fraction of sp³-hybridized carbons (Fsp3) is 0.519. The van der Waals surface area contributed by atoms with Gasteiger partial charge in [0, 0.05) is 78.0 Å². The van der Waals surface area contributed by atoms with Crippen LogP contribution < -0.4 is 9.80 Å². The van der Waals surface area contributed by atoms with Gasteiger partial charge in [0.1, 0.15) is 12.0 Å². The number of aromatic nitrogens is 3. The van der Waals surface area contributed by atoms with E-state index in [9.17, 15) is 8.42 Å². The minimum absolute atomic E-state index is 0.278. The van der Waals surface area contributed by atoms with Crippen molar-refractivity contribution < 1.29 is 17.6 Å². The number of aryl methyl sites for hydroxylation is 1. The van der Waals surface area contributed by atoms with Gasteiger partial charge >= 0.3 is 0 Å². The molecule has 0 aliphatic carbocycles. The molecule has 2 aromatic heterocycles. The van der Waals surface area contributed by atoms with Crippen LogP contribution in [0.3, 0.4) is 0 Å². The Labute approximate surface area is 229 Å². The number of rotatable bonds is 7.